The first-order valence-electron chi connectivity index (χ1n) is 6.65. The van der Waals surface area contributed by atoms with Crippen LogP contribution in [-0.2, 0) is 18.3 Å². The molecule has 0 rings (SSSR count). The lowest BCUT2D eigenvalue weighted by Gasteiger charge is -2.20. The number of halogens is 3. The van der Waals surface area contributed by atoms with Gasteiger partial charge in [-0.15, -0.1) is 4.99 Å². The van der Waals surface area contributed by atoms with Crippen LogP contribution in [-0.4, -0.2) is 42.5 Å². The molecule has 0 spiro atoms. The van der Waals surface area contributed by atoms with Crippen molar-refractivity contribution in [2.75, 3.05) is 0 Å². The number of hydrogen-bond donors (Lipinski definition) is 1. The Morgan fingerprint density at radius 3 is 1.76 bits per heavy atom. The van der Waals surface area contributed by atoms with Gasteiger partial charge in [-0.1, -0.05) is 0 Å². The average molecular weight is 408 g/mol. The predicted molar refractivity (Wildman–Crippen MR) is 85.6 cm³/mol. The highest BCUT2D eigenvalue weighted by Gasteiger charge is 2.48. The molecule has 0 aromatic heterocycles. The molecule has 1 N–H and O–H groups in total. The molecule has 0 aromatic rings. The maximum atomic E-state index is 12.5. The van der Waals surface area contributed by atoms with Crippen molar-refractivity contribution in [3.63, 3.8) is 0 Å². The third-order valence-electron chi connectivity index (χ3n) is 1.67. The second-order valence-corrected chi connectivity index (χ2v) is 10.2. The van der Waals surface area contributed by atoms with Gasteiger partial charge in [-0.05, 0) is 41.5 Å². The molecule has 0 heterocycles. The predicted octanol–water partition coefficient (Wildman–Crippen LogP) is 3.39. The van der Waals surface area contributed by atoms with Crippen LogP contribution in [0.1, 0.15) is 41.5 Å². The Bertz CT molecular complexity index is 645. The van der Waals surface area contributed by atoms with Crippen molar-refractivity contribution in [1.82, 2.24) is 5.32 Å². The summed E-state index contributed by atoms with van der Waals surface area (Å²) in [5, 5.41) is 0.538. The molecule has 8 nitrogen and oxygen atoms in total. The van der Waals surface area contributed by atoms with E-state index in [1.165, 1.54) is 41.5 Å². The number of carbonyl (C=O) groups excluding carboxylic acids is 2. The van der Waals surface area contributed by atoms with Crippen LogP contribution >= 0.6 is 10.8 Å². The molecule has 0 fully saturated rings. The highest BCUT2D eigenvalue weighted by molar-refractivity contribution is 8.78. The fourth-order valence-electron chi connectivity index (χ4n) is 0.977. The summed E-state index contributed by atoms with van der Waals surface area (Å²) in [4.78, 5) is 26.3. The number of rotatable bonds is 1. The molecule has 25 heavy (non-hydrogen) atoms. The number of amidine groups is 1. The fraction of sp³-hybridized carbons (Fsp3) is 0.750. The summed E-state index contributed by atoms with van der Waals surface area (Å²) in [5.74, 6) is 0. The largest absolute Gasteiger partial charge is 0.507 e. The third-order valence-corrected chi connectivity index (χ3v) is 4.50. The van der Waals surface area contributed by atoms with E-state index in [0.717, 1.165) is 0 Å². The highest BCUT2D eigenvalue weighted by Crippen LogP contribution is 2.33. The Balaban J connectivity index is 5.53. The number of nitrogens with one attached hydrogen (secondary N) is 1. The van der Waals surface area contributed by atoms with Crippen LogP contribution in [0.4, 0.5) is 22.8 Å². The molecule has 13 heteroatoms. The number of ether oxygens (including phenoxy) is 2. The molecule has 0 radical (unpaired) electrons. The number of alkyl carbamates (subject to hydrolysis) is 1. The molecule has 0 saturated heterocycles. The van der Waals surface area contributed by atoms with Gasteiger partial charge in [-0.25, -0.2) is 18.0 Å². The Kier molecular flexibility index (Phi) is 7.34. The molecular weight excluding hydrogens is 389 g/mol. The van der Waals surface area contributed by atoms with Gasteiger partial charge >= 0.3 is 26.6 Å². The minimum Gasteiger partial charge on any atom is -0.444 e. The van der Waals surface area contributed by atoms with E-state index in [0.29, 0.717) is 0 Å². The summed E-state index contributed by atoms with van der Waals surface area (Å²) in [5.41, 5.74) is -7.68. The van der Waals surface area contributed by atoms with Gasteiger partial charge in [0.25, 0.3) is 0 Å². The van der Waals surface area contributed by atoms with Crippen molar-refractivity contribution in [3.8, 4) is 0 Å². The van der Waals surface area contributed by atoms with Gasteiger partial charge in [-0.3, -0.25) is 5.32 Å². The normalized spacial score (nSPS) is 14.0. The van der Waals surface area contributed by atoms with Crippen molar-refractivity contribution in [1.29, 1.82) is 0 Å². The van der Waals surface area contributed by atoms with E-state index in [2.05, 4.69) is 4.99 Å². The molecule has 146 valence electrons. The standard InChI is InChI=1S/C12H19F3N2O6S2/c1-10(2,3)22-8(18)16-7(17-9(19)23-11(4,5)6)24-25(20,21)12(13,14)15/h1-6H3,(H,16,17,18,19). The van der Waals surface area contributed by atoms with Gasteiger partial charge in [0.05, 0.1) is 10.8 Å². The molecule has 0 atom stereocenters. The van der Waals surface area contributed by atoms with Crippen molar-refractivity contribution in [2.45, 2.75) is 58.3 Å². The summed E-state index contributed by atoms with van der Waals surface area (Å²) in [6.07, 6.45) is -2.68. The van der Waals surface area contributed by atoms with Gasteiger partial charge in [-0.2, -0.15) is 13.2 Å². The maximum absolute atomic E-state index is 12.5. The zero-order valence-corrected chi connectivity index (χ0v) is 16.0. The average Bonchev–Trinajstić information content (AvgIpc) is 2.19. The molecule has 0 aliphatic carbocycles. The Labute approximate surface area is 146 Å². The van der Waals surface area contributed by atoms with E-state index in [-0.39, 0.29) is 0 Å². The SMILES string of the molecule is CC(C)(C)OC(=O)/N=C(\NC(=O)OC(C)(C)C)SS(=O)(=O)C(F)(F)F. The molecular formula is C12H19F3N2O6S2. The second kappa shape index (κ2) is 7.81. The van der Waals surface area contributed by atoms with Crippen LogP contribution in [0.3, 0.4) is 0 Å². The third kappa shape index (κ3) is 10.2. The smallest absolute Gasteiger partial charge is 0.444 e. The van der Waals surface area contributed by atoms with Crippen molar-refractivity contribution in [3.05, 3.63) is 0 Å². The number of hydrogen-bond acceptors (Lipinski definition) is 7. The first-order chi connectivity index (χ1) is 10.8. The quantitative estimate of drug-likeness (QED) is 0.402. The second-order valence-electron chi connectivity index (χ2n) is 6.51. The van der Waals surface area contributed by atoms with Gasteiger partial charge in [0, 0.05) is 0 Å². The molecule has 0 unspecified atom stereocenters. The van der Waals surface area contributed by atoms with E-state index in [4.69, 9.17) is 9.47 Å². The molecule has 0 aromatic carbocycles. The summed E-state index contributed by atoms with van der Waals surface area (Å²) in [6, 6.07) is 0. The zero-order valence-electron chi connectivity index (χ0n) is 14.3. The molecule has 2 amide bonds. The topological polar surface area (TPSA) is 111 Å². The fourth-order valence-corrected chi connectivity index (χ4v) is 2.66. The van der Waals surface area contributed by atoms with Crippen LogP contribution < -0.4 is 5.32 Å². The lowest BCUT2D eigenvalue weighted by Crippen LogP contribution is -2.37. The van der Waals surface area contributed by atoms with Crippen LogP contribution in [0, 0.1) is 0 Å². The summed E-state index contributed by atoms with van der Waals surface area (Å²) in [7, 11) is -6.62. The first-order valence-corrected chi connectivity index (χ1v) is 9.46. The van der Waals surface area contributed by atoms with Crippen LogP contribution in [0.2, 0.25) is 0 Å². The molecule has 0 bridgehead atoms. The van der Waals surface area contributed by atoms with Crippen molar-refractivity contribution < 1.29 is 40.7 Å². The number of amides is 2. The highest BCUT2D eigenvalue weighted by atomic mass is 33.1. The van der Waals surface area contributed by atoms with Crippen LogP contribution in [0.15, 0.2) is 4.99 Å². The number of aliphatic imine (C=N–C) groups is 1. The minimum atomic E-state index is -5.77. The lowest BCUT2D eigenvalue weighted by atomic mass is 10.2. The van der Waals surface area contributed by atoms with Crippen LogP contribution in [0.25, 0.3) is 0 Å². The molecule has 0 aliphatic heterocycles. The maximum Gasteiger partial charge on any atom is 0.507 e. The monoisotopic (exact) mass is 408 g/mol. The van der Waals surface area contributed by atoms with E-state index in [1.54, 1.807) is 5.32 Å². The first kappa shape index (κ1) is 23.5. The lowest BCUT2D eigenvalue weighted by molar-refractivity contribution is -0.0410. The van der Waals surface area contributed by atoms with E-state index < -0.39 is 53.7 Å². The summed E-state index contributed by atoms with van der Waals surface area (Å²) >= 11 is 0. The van der Waals surface area contributed by atoms with E-state index >= 15 is 0 Å². The zero-order chi connectivity index (χ0) is 20.3. The summed E-state index contributed by atoms with van der Waals surface area (Å²) in [6.45, 7) is 8.79. The van der Waals surface area contributed by atoms with Gasteiger partial charge < -0.3 is 9.47 Å². The summed E-state index contributed by atoms with van der Waals surface area (Å²) < 4.78 is 69.4. The number of nitrogens with zero attached hydrogens (tertiary/aromatic N) is 1. The van der Waals surface area contributed by atoms with Crippen molar-refractivity contribution >= 4 is 37.0 Å². The molecule has 0 saturated carbocycles. The van der Waals surface area contributed by atoms with Crippen LogP contribution in [0.5, 0.6) is 0 Å². The number of carbonyl (C=O) groups is 2. The van der Waals surface area contributed by atoms with E-state index in [1.807, 2.05) is 0 Å². The van der Waals surface area contributed by atoms with Gasteiger partial charge in [0.2, 0.25) is 0 Å². The minimum absolute atomic E-state index is 0.853. The van der Waals surface area contributed by atoms with E-state index in [9.17, 15) is 31.2 Å². The van der Waals surface area contributed by atoms with Crippen molar-refractivity contribution in [2.24, 2.45) is 4.99 Å². The Hall–Kier alpha value is -1.50. The Morgan fingerprint density at radius 1 is 0.960 bits per heavy atom. The molecule has 0 aliphatic rings. The van der Waals surface area contributed by atoms with Gasteiger partial charge in [0.15, 0.2) is 5.17 Å². The van der Waals surface area contributed by atoms with Gasteiger partial charge in [0.1, 0.15) is 11.2 Å². The number of alkyl halides is 3. The Morgan fingerprint density at radius 2 is 1.40 bits per heavy atom.